The summed E-state index contributed by atoms with van der Waals surface area (Å²) in [5, 5.41) is -0.535. The number of sulfonamides is 1. The molecule has 1 fully saturated rings. The van der Waals surface area contributed by atoms with E-state index in [9.17, 15) is 22.0 Å². The first-order valence-corrected chi connectivity index (χ1v) is 13.0. The first-order chi connectivity index (χ1) is 15.8. The lowest BCUT2D eigenvalue weighted by Crippen LogP contribution is -2.51. The number of rotatable bonds is 6. The molecule has 2 aromatic rings. The molecule has 0 aliphatic carbocycles. The van der Waals surface area contributed by atoms with E-state index in [0.29, 0.717) is 24.7 Å². The van der Waals surface area contributed by atoms with Crippen molar-refractivity contribution in [3.05, 3.63) is 53.6 Å². The number of nitrogens with zero attached hydrogens (tertiary/aromatic N) is 2. The Labute approximate surface area is 195 Å². The molecule has 0 saturated carbocycles. The second kappa shape index (κ2) is 9.86. The fourth-order valence-corrected chi connectivity index (χ4v) is 6.19. The number of thioether (sulfide) groups is 1. The van der Waals surface area contributed by atoms with Gasteiger partial charge in [-0.3, -0.25) is 4.79 Å². The van der Waals surface area contributed by atoms with Gasteiger partial charge in [0, 0.05) is 43.1 Å². The van der Waals surface area contributed by atoms with E-state index in [1.807, 2.05) is 0 Å². The molecule has 1 unspecified atom stereocenters. The Hall–Kier alpha value is -2.37. The number of ether oxygens (including phenoxy) is 2. The van der Waals surface area contributed by atoms with Gasteiger partial charge in [0.2, 0.25) is 15.9 Å². The van der Waals surface area contributed by atoms with E-state index in [1.165, 1.54) is 34.6 Å². The molecule has 4 rings (SSSR count). The van der Waals surface area contributed by atoms with Gasteiger partial charge in [0.05, 0.1) is 10.6 Å². The van der Waals surface area contributed by atoms with Crippen molar-refractivity contribution in [2.45, 2.75) is 17.1 Å². The molecular formula is C22H24F2N2O5S2. The summed E-state index contributed by atoms with van der Waals surface area (Å²) in [5.41, 5.74) is -0.0503. The van der Waals surface area contributed by atoms with Gasteiger partial charge in [-0.2, -0.15) is 4.31 Å². The Balaban J connectivity index is 1.33. The van der Waals surface area contributed by atoms with Gasteiger partial charge in [-0.05, 0) is 31.2 Å². The van der Waals surface area contributed by atoms with Crippen molar-refractivity contribution in [3.63, 3.8) is 0 Å². The van der Waals surface area contributed by atoms with Gasteiger partial charge in [-0.25, -0.2) is 17.2 Å². The number of benzene rings is 2. The molecule has 0 aromatic heterocycles. The van der Waals surface area contributed by atoms with Crippen molar-refractivity contribution in [1.82, 2.24) is 9.21 Å². The maximum atomic E-state index is 13.9. The minimum Gasteiger partial charge on any atom is -0.486 e. The van der Waals surface area contributed by atoms with Crippen LogP contribution in [0.5, 0.6) is 11.5 Å². The molecule has 0 spiro atoms. The number of hydrogen-bond donors (Lipinski definition) is 0. The monoisotopic (exact) mass is 498 g/mol. The van der Waals surface area contributed by atoms with Gasteiger partial charge in [-0.1, -0.05) is 6.07 Å². The predicted molar refractivity (Wildman–Crippen MR) is 120 cm³/mol. The minimum absolute atomic E-state index is 0.0455. The summed E-state index contributed by atoms with van der Waals surface area (Å²) in [6.07, 6.45) is 0. The van der Waals surface area contributed by atoms with E-state index in [4.69, 9.17) is 9.47 Å². The third-order valence-corrected chi connectivity index (χ3v) is 8.65. The smallest absolute Gasteiger partial charge is 0.243 e. The van der Waals surface area contributed by atoms with Crippen LogP contribution in [0.1, 0.15) is 17.7 Å². The normalized spacial score (nSPS) is 17.6. The highest BCUT2D eigenvalue weighted by molar-refractivity contribution is 8.00. The van der Waals surface area contributed by atoms with Gasteiger partial charge < -0.3 is 14.4 Å². The number of piperazine rings is 1. The summed E-state index contributed by atoms with van der Waals surface area (Å²) in [6, 6.07) is 8.21. The van der Waals surface area contributed by atoms with Crippen molar-refractivity contribution >= 4 is 27.7 Å². The summed E-state index contributed by atoms with van der Waals surface area (Å²) in [7, 11) is -3.74. The summed E-state index contributed by atoms with van der Waals surface area (Å²) in [6.45, 7) is 3.22. The van der Waals surface area contributed by atoms with Crippen molar-refractivity contribution in [1.29, 1.82) is 0 Å². The zero-order valence-corrected chi connectivity index (χ0v) is 19.6. The number of hydrogen-bond acceptors (Lipinski definition) is 6. The summed E-state index contributed by atoms with van der Waals surface area (Å²) in [5.74, 6) is -0.517. The number of carbonyl (C=O) groups excluding carboxylic acids is 1. The highest BCUT2D eigenvalue weighted by Gasteiger charge is 2.31. The van der Waals surface area contributed by atoms with Crippen LogP contribution in [0.25, 0.3) is 0 Å². The molecule has 0 bridgehead atoms. The molecule has 2 aliphatic heterocycles. The molecule has 2 aromatic carbocycles. The summed E-state index contributed by atoms with van der Waals surface area (Å²) in [4.78, 5) is 14.3. The molecule has 1 atom stereocenters. The minimum atomic E-state index is -3.74. The Bertz CT molecular complexity index is 1120. The largest absolute Gasteiger partial charge is 0.486 e. The highest BCUT2D eigenvalue weighted by atomic mass is 32.2. The fourth-order valence-electron chi connectivity index (χ4n) is 3.78. The van der Waals surface area contributed by atoms with E-state index in [2.05, 4.69) is 0 Å². The molecule has 178 valence electrons. The second-order valence-corrected chi connectivity index (χ2v) is 10.9. The number of fused-ring (bicyclic) bond motifs is 1. The van der Waals surface area contributed by atoms with Crippen LogP contribution in [0, 0.1) is 11.6 Å². The highest BCUT2D eigenvalue weighted by Crippen LogP contribution is 2.34. The van der Waals surface area contributed by atoms with Crippen LogP contribution in [0.3, 0.4) is 0 Å². The quantitative estimate of drug-likeness (QED) is 0.610. The van der Waals surface area contributed by atoms with Crippen LogP contribution in [0.15, 0.2) is 41.3 Å². The van der Waals surface area contributed by atoms with Crippen LogP contribution >= 0.6 is 11.8 Å². The first-order valence-electron chi connectivity index (χ1n) is 10.5. The third kappa shape index (κ3) is 5.10. The van der Waals surface area contributed by atoms with Crippen molar-refractivity contribution in [2.24, 2.45) is 0 Å². The number of carbonyl (C=O) groups is 1. The molecule has 7 nitrogen and oxygen atoms in total. The lowest BCUT2D eigenvalue weighted by atomic mass is 10.1. The van der Waals surface area contributed by atoms with Gasteiger partial charge in [0.25, 0.3) is 0 Å². The lowest BCUT2D eigenvalue weighted by molar-refractivity contribution is -0.129. The SMILES string of the molecule is CC(SCC(=O)N1CCN(S(=O)(=O)c2ccc3c(c2)OCCO3)CC1)c1c(F)cccc1F. The van der Waals surface area contributed by atoms with Crippen molar-refractivity contribution in [3.8, 4) is 11.5 Å². The Morgan fingerprint density at radius 1 is 1.03 bits per heavy atom. The molecule has 11 heteroatoms. The summed E-state index contributed by atoms with van der Waals surface area (Å²) < 4.78 is 66.2. The average molecular weight is 499 g/mol. The predicted octanol–water partition coefficient (Wildman–Crippen LogP) is 3.06. The van der Waals surface area contributed by atoms with Crippen molar-refractivity contribution < 1.29 is 31.5 Å². The summed E-state index contributed by atoms with van der Waals surface area (Å²) >= 11 is 1.15. The Kier molecular flexibility index (Phi) is 7.10. The zero-order chi connectivity index (χ0) is 23.6. The van der Waals surface area contributed by atoms with E-state index >= 15 is 0 Å². The van der Waals surface area contributed by atoms with Crippen LogP contribution in [-0.2, 0) is 14.8 Å². The maximum Gasteiger partial charge on any atom is 0.243 e. The zero-order valence-electron chi connectivity index (χ0n) is 18.0. The number of halogens is 2. The molecule has 1 amide bonds. The van der Waals surface area contributed by atoms with Crippen LogP contribution in [-0.4, -0.2) is 68.7 Å². The van der Waals surface area contributed by atoms with Gasteiger partial charge in [0.1, 0.15) is 24.8 Å². The standard InChI is InChI=1S/C22H24F2N2O5S2/c1-15(22-17(23)3-2-4-18(22)24)32-14-21(27)25-7-9-26(10-8-25)33(28,29)16-5-6-19-20(13-16)31-12-11-30-19/h2-6,13,15H,7-12,14H2,1H3. The average Bonchev–Trinajstić information content (AvgIpc) is 2.82. The fraction of sp³-hybridized carbons (Fsp3) is 0.409. The van der Waals surface area contributed by atoms with Gasteiger partial charge >= 0.3 is 0 Å². The van der Waals surface area contributed by atoms with E-state index in [0.717, 1.165) is 11.8 Å². The van der Waals surface area contributed by atoms with Gasteiger partial charge in [0.15, 0.2) is 11.5 Å². The lowest BCUT2D eigenvalue weighted by Gasteiger charge is -2.34. The molecule has 2 heterocycles. The molecule has 1 saturated heterocycles. The second-order valence-electron chi connectivity index (χ2n) is 7.68. The number of amides is 1. The van der Waals surface area contributed by atoms with Crippen LogP contribution < -0.4 is 9.47 Å². The Morgan fingerprint density at radius 3 is 2.33 bits per heavy atom. The molecule has 0 N–H and O–H groups in total. The van der Waals surface area contributed by atoms with Gasteiger partial charge in [-0.15, -0.1) is 11.8 Å². The van der Waals surface area contributed by atoms with Crippen molar-refractivity contribution in [2.75, 3.05) is 45.1 Å². The van der Waals surface area contributed by atoms with E-state index < -0.39 is 26.9 Å². The molecular weight excluding hydrogens is 474 g/mol. The maximum absolute atomic E-state index is 13.9. The van der Waals surface area contributed by atoms with Crippen LogP contribution in [0.2, 0.25) is 0 Å². The van der Waals surface area contributed by atoms with Crippen LogP contribution in [0.4, 0.5) is 8.78 Å². The molecule has 33 heavy (non-hydrogen) atoms. The Morgan fingerprint density at radius 2 is 1.67 bits per heavy atom. The van der Waals surface area contributed by atoms with E-state index in [-0.39, 0.29) is 48.3 Å². The van der Waals surface area contributed by atoms with E-state index in [1.54, 1.807) is 17.9 Å². The molecule has 0 radical (unpaired) electrons. The first kappa shape index (κ1) is 23.8. The third-order valence-electron chi connectivity index (χ3n) is 5.61. The topological polar surface area (TPSA) is 76.2 Å². The molecule has 2 aliphatic rings.